The maximum atomic E-state index is 12.1. The van der Waals surface area contributed by atoms with Crippen molar-refractivity contribution in [2.24, 2.45) is 7.05 Å². The molecule has 3 aromatic rings. The van der Waals surface area contributed by atoms with Gasteiger partial charge in [0.15, 0.2) is 0 Å². The van der Waals surface area contributed by atoms with E-state index < -0.39 is 0 Å². The molecule has 0 saturated carbocycles. The van der Waals surface area contributed by atoms with Crippen LogP contribution in [0, 0.1) is 12.3 Å². The third kappa shape index (κ3) is 4.56. The van der Waals surface area contributed by atoms with Crippen LogP contribution in [0.2, 0.25) is 0 Å². The highest BCUT2D eigenvalue weighted by Crippen LogP contribution is 2.19. The van der Waals surface area contributed by atoms with Gasteiger partial charge in [0.25, 0.3) is 5.13 Å². The van der Waals surface area contributed by atoms with Gasteiger partial charge < -0.3 is 4.74 Å². The summed E-state index contributed by atoms with van der Waals surface area (Å²) >= 11 is 4.85. The van der Waals surface area contributed by atoms with Crippen LogP contribution in [0.25, 0.3) is 5.69 Å². The predicted octanol–water partition coefficient (Wildman–Crippen LogP) is 1.40. The smallest absolute Gasteiger partial charge is 0.368 e. The molecular weight excluding hydrogens is 434 g/mol. The zero-order valence-corrected chi connectivity index (χ0v) is 17.0. The number of quaternary nitrogens is 1. The van der Waals surface area contributed by atoms with E-state index in [0.29, 0.717) is 5.69 Å². The molecular formula is C16H17BrN7O2S+. The van der Waals surface area contributed by atoms with Crippen LogP contribution < -0.4 is 11.0 Å². The number of benzene rings is 1. The lowest BCUT2D eigenvalue weighted by molar-refractivity contribution is -0.495. The lowest BCUT2D eigenvalue weighted by Crippen LogP contribution is -2.70. The van der Waals surface area contributed by atoms with E-state index in [9.17, 15) is 4.79 Å². The van der Waals surface area contributed by atoms with E-state index in [0.717, 1.165) is 24.7 Å². The maximum absolute atomic E-state index is 12.1. The Hall–Kier alpha value is -2.63. The molecule has 0 aliphatic rings. The number of nitrogens with zero attached hydrogens (tertiary/aromatic N) is 5. The molecule has 0 unspecified atom stereocenters. The first-order valence-corrected chi connectivity index (χ1v) is 9.48. The SMILES string of the molecule is Cc1cccc(-n2nnn(C)c2=O)c1COC(=N)/C=C\[NH2+]c1ncc(Br)s1. The summed E-state index contributed by atoms with van der Waals surface area (Å²) in [5.74, 6) is 0.00238. The van der Waals surface area contributed by atoms with Crippen molar-refractivity contribution in [3.8, 4) is 5.69 Å². The monoisotopic (exact) mass is 450 g/mol. The van der Waals surface area contributed by atoms with Crippen LogP contribution in [-0.2, 0) is 18.4 Å². The molecule has 0 aliphatic carbocycles. The zero-order chi connectivity index (χ0) is 19.4. The summed E-state index contributed by atoms with van der Waals surface area (Å²) < 4.78 is 8.86. The summed E-state index contributed by atoms with van der Waals surface area (Å²) in [4.78, 5) is 16.3. The minimum Gasteiger partial charge on any atom is -0.473 e. The van der Waals surface area contributed by atoms with Gasteiger partial charge in [-0.15, -0.1) is 0 Å². The van der Waals surface area contributed by atoms with Gasteiger partial charge in [0.2, 0.25) is 5.90 Å². The lowest BCUT2D eigenvalue weighted by atomic mass is 10.1. The molecule has 2 heterocycles. The Morgan fingerprint density at radius 2 is 2.26 bits per heavy atom. The van der Waals surface area contributed by atoms with Crippen molar-refractivity contribution in [3.05, 3.63) is 62.1 Å². The zero-order valence-electron chi connectivity index (χ0n) is 14.6. The second-order valence-electron chi connectivity index (χ2n) is 5.55. The third-order valence-electron chi connectivity index (χ3n) is 3.69. The van der Waals surface area contributed by atoms with Crippen molar-refractivity contribution >= 4 is 38.3 Å². The number of aryl methyl sites for hydroxylation is 2. The Bertz CT molecular complexity index is 1050. The van der Waals surface area contributed by atoms with Gasteiger partial charge in [0.05, 0.1) is 21.7 Å². The summed E-state index contributed by atoms with van der Waals surface area (Å²) in [7, 11) is 1.54. The first kappa shape index (κ1) is 19.1. The Labute approximate surface area is 166 Å². The number of tetrazole rings is 1. The first-order valence-electron chi connectivity index (χ1n) is 7.87. The van der Waals surface area contributed by atoms with E-state index in [4.69, 9.17) is 10.1 Å². The number of nitrogens with one attached hydrogen (secondary N) is 1. The fourth-order valence-corrected chi connectivity index (χ4v) is 3.45. The summed E-state index contributed by atoms with van der Waals surface area (Å²) in [6.45, 7) is 2.05. The van der Waals surface area contributed by atoms with Gasteiger partial charge in [0, 0.05) is 12.6 Å². The highest BCUT2D eigenvalue weighted by Gasteiger charge is 2.13. The maximum Gasteiger partial charge on any atom is 0.368 e. The molecule has 0 spiro atoms. The second-order valence-corrected chi connectivity index (χ2v) is 7.99. The van der Waals surface area contributed by atoms with E-state index in [1.54, 1.807) is 29.9 Å². The first-order chi connectivity index (χ1) is 13.0. The average molecular weight is 451 g/mol. The molecule has 0 atom stereocenters. The van der Waals surface area contributed by atoms with Gasteiger partial charge in [-0.3, -0.25) is 10.7 Å². The highest BCUT2D eigenvalue weighted by atomic mass is 79.9. The number of nitrogens with two attached hydrogens (primary N) is 1. The minimum absolute atomic E-state index is 0.00238. The molecule has 2 aromatic heterocycles. The molecule has 11 heteroatoms. The van der Waals surface area contributed by atoms with Crippen LogP contribution in [0.4, 0.5) is 5.13 Å². The molecule has 9 nitrogen and oxygen atoms in total. The van der Waals surface area contributed by atoms with Crippen LogP contribution in [0.3, 0.4) is 0 Å². The topological polar surface area (TPSA) is 115 Å². The van der Waals surface area contributed by atoms with Crippen molar-refractivity contribution in [1.29, 1.82) is 5.41 Å². The number of rotatable bonds is 6. The lowest BCUT2D eigenvalue weighted by Gasteiger charge is -2.12. The van der Waals surface area contributed by atoms with Gasteiger partial charge in [-0.05, 0) is 56.2 Å². The van der Waals surface area contributed by atoms with E-state index in [1.807, 2.05) is 19.1 Å². The van der Waals surface area contributed by atoms with E-state index in [1.165, 1.54) is 23.1 Å². The molecule has 0 amide bonds. The normalized spacial score (nSPS) is 11.2. The quantitative estimate of drug-likeness (QED) is 0.434. The second kappa shape index (κ2) is 8.37. The van der Waals surface area contributed by atoms with E-state index >= 15 is 0 Å². The number of hydrogen-bond acceptors (Lipinski definition) is 7. The average Bonchev–Trinajstić information content (AvgIpc) is 3.20. The fourth-order valence-electron chi connectivity index (χ4n) is 2.30. The predicted molar refractivity (Wildman–Crippen MR) is 104 cm³/mol. The number of halogens is 1. The van der Waals surface area contributed by atoms with Crippen LogP contribution in [-0.4, -0.2) is 30.7 Å². The number of hydrogen-bond donors (Lipinski definition) is 2. The number of ether oxygens (including phenoxy) is 1. The highest BCUT2D eigenvalue weighted by molar-refractivity contribution is 9.11. The summed E-state index contributed by atoms with van der Waals surface area (Å²) in [6.07, 6.45) is 4.97. The molecule has 0 radical (unpaired) electrons. The Kier molecular flexibility index (Phi) is 5.94. The minimum atomic E-state index is -0.346. The largest absolute Gasteiger partial charge is 0.473 e. The summed E-state index contributed by atoms with van der Waals surface area (Å²) in [5, 5.41) is 18.2. The number of thiazole rings is 1. The molecule has 0 saturated heterocycles. The third-order valence-corrected chi connectivity index (χ3v) is 5.13. The van der Waals surface area contributed by atoms with Crippen LogP contribution in [0.1, 0.15) is 11.1 Å². The summed E-state index contributed by atoms with van der Waals surface area (Å²) in [5.41, 5.74) is 1.94. The molecule has 27 heavy (non-hydrogen) atoms. The molecule has 1 aromatic carbocycles. The Morgan fingerprint density at radius 1 is 1.44 bits per heavy atom. The van der Waals surface area contributed by atoms with Crippen molar-refractivity contribution in [1.82, 2.24) is 24.8 Å². The van der Waals surface area contributed by atoms with Crippen molar-refractivity contribution in [3.63, 3.8) is 0 Å². The standard InChI is InChI=1S/C16H16BrN7O2S/c1-10-4-3-5-12(24-16(25)23(2)21-22-24)11(10)9-26-14(18)6-7-19-15-20-8-13(17)27-15/h3-8,18H,9H2,1-2H3,(H,19,20)/p+1/b7-6-,18-14?. The van der Waals surface area contributed by atoms with Gasteiger partial charge >= 0.3 is 5.69 Å². The van der Waals surface area contributed by atoms with E-state index in [-0.39, 0.29) is 18.2 Å². The van der Waals surface area contributed by atoms with Gasteiger partial charge in [-0.1, -0.05) is 12.1 Å². The van der Waals surface area contributed by atoms with Crippen LogP contribution in [0.5, 0.6) is 0 Å². The van der Waals surface area contributed by atoms with Crippen molar-refractivity contribution < 1.29 is 10.1 Å². The molecule has 3 N–H and O–H groups in total. The molecule has 0 aliphatic heterocycles. The Balaban J connectivity index is 1.69. The van der Waals surface area contributed by atoms with Gasteiger partial charge in [0.1, 0.15) is 12.8 Å². The fraction of sp³-hybridized carbons (Fsp3) is 0.188. The van der Waals surface area contributed by atoms with Crippen molar-refractivity contribution in [2.75, 3.05) is 0 Å². The molecule has 140 valence electrons. The van der Waals surface area contributed by atoms with Gasteiger partial charge in [-0.25, -0.2) is 4.79 Å². The Morgan fingerprint density at radius 3 is 2.93 bits per heavy atom. The van der Waals surface area contributed by atoms with Gasteiger partial charge in [-0.2, -0.15) is 14.3 Å². The molecule has 0 bridgehead atoms. The van der Waals surface area contributed by atoms with Crippen LogP contribution >= 0.6 is 27.3 Å². The summed E-state index contributed by atoms with van der Waals surface area (Å²) in [6, 6.07) is 5.52. The van der Waals surface area contributed by atoms with E-state index in [2.05, 4.69) is 31.3 Å². The molecule has 3 rings (SSSR count). The van der Waals surface area contributed by atoms with Crippen molar-refractivity contribution in [2.45, 2.75) is 13.5 Å². The number of aromatic nitrogens is 5. The van der Waals surface area contributed by atoms with Crippen LogP contribution in [0.15, 0.2) is 45.3 Å². The molecule has 0 fully saturated rings.